The van der Waals surface area contributed by atoms with Crippen molar-refractivity contribution in [2.75, 3.05) is 20.5 Å². The Bertz CT molecular complexity index is 904. The Morgan fingerprint density at radius 2 is 1.59 bits per heavy atom. The summed E-state index contributed by atoms with van der Waals surface area (Å²) in [5, 5.41) is 2.78. The standard InChI is InChI=1S/C19H21NO6S/c1-25-15-8-4-13(5-9-15)17(12-18(21)26-2)20-19(22)14-6-10-16(11-7-14)27(3,23)24/h4-11,17H,12H2,1-3H3,(H,20,22)/t17-/m1/s1. The van der Waals surface area contributed by atoms with Crippen LogP contribution in [0.2, 0.25) is 0 Å². The van der Waals surface area contributed by atoms with Gasteiger partial charge in [0.1, 0.15) is 5.75 Å². The molecule has 0 unspecified atom stereocenters. The van der Waals surface area contributed by atoms with Crippen LogP contribution in [0.4, 0.5) is 0 Å². The second kappa shape index (κ2) is 8.68. The Labute approximate surface area is 158 Å². The molecule has 0 aromatic heterocycles. The third-order valence-electron chi connectivity index (χ3n) is 3.97. The Morgan fingerprint density at radius 3 is 2.07 bits per heavy atom. The summed E-state index contributed by atoms with van der Waals surface area (Å²) < 4.78 is 32.9. The summed E-state index contributed by atoms with van der Waals surface area (Å²) in [6.07, 6.45) is 1.05. The molecule has 0 aliphatic rings. The minimum absolute atomic E-state index is 0.0456. The summed E-state index contributed by atoms with van der Waals surface area (Å²) in [5.74, 6) is -0.249. The highest BCUT2D eigenvalue weighted by Crippen LogP contribution is 2.21. The van der Waals surface area contributed by atoms with Gasteiger partial charge >= 0.3 is 5.97 Å². The highest BCUT2D eigenvalue weighted by atomic mass is 32.2. The molecule has 7 nitrogen and oxygen atoms in total. The van der Waals surface area contributed by atoms with Crippen LogP contribution in [0.15, 0.2) is 53.4 Å². The monoisotopic (exact) mass is 391 g/mol. The molecule has 8 heteroatoms. The molecule has 0 heterocycles. The number of amides is 1. The van der Waals surface area contributed by atoms with Crippen LogP contribution in [0, 0.1) is 0 Å². The highest BCUT2D eigenvalue weighted by molar-refractivity contribution is 7.90. The van der Waals surface area contributed by atoms with Crippen LogP contribution in [0.25, 0.3) is 0 Å². The van der Waals surface area contributed by atoms with Crippen LogP contribution in [0.1, 0.15) is 28.4 Å². The number of hydrogen-bond donors (Lipinski definition) is 1. The fourth-order valence-electron chi connectivity index (χ4n) is 2.43. The zero-order valence-electron chi connectivity index (χ0n) is 15.3. The summed E-state index contributed by atoms with van der Waals surface area (Å²) in [7, 11) is -0.521. The first kappa shape index (κ1) is 20.4. The number of rotatable bonds is 7. The van der Waals surface area contributed by atoms with Gasteiger partial charge in [0.25, 0.3) is 5.91 Å². The minimum atomic E-state index is -3.34. The van der Waals surface area contributed by atoms with Gasteiger partial charge in [-0.05, 0) is 42.0 Å². The summed E-state index contributed by atoms with van der Waals surface area (Å²) in [6, 6.07) is 11.9. The minimum Gasteiger partial charge on any atom is -0.497 e. The first-order valence-corrected chi connectivity index (χ1v) is 9.95. The Hall–Kier alpha value is -2.87. The Morgan fingerprint density at radius 1 is 1.00 bits per heavy atom. The molecule has 0 aliphatic carbocycles. The molecule has 2 aromatic carbocycles. The van der Waals surface area contributed by atoms with Gasteiger partial charge in [-0.2, -0.15) is 0 Å². The molecule has 1 N–H and O–H groups in total. The molecular formula is C19H21NO6S. The summed E-state index contributed by atoms with van der Waals surface area (Å²) in [6.45, 7) is 0. The van der Waals surface area contributed by atoms with E-state index < -0.39 is 27.8 Å². The third kappa shape index (κ3) is 5.55. The van der Waals surface area contributed by atoms with E-state index in [1.165, 1.54) is 31.4 Å². The van der Waals surface area contributed by atoms with E-state index in [0.29, 0.717) is 11.3 Å². The average Bonchev–Trinajstić information content (AvgIpc) is 2.66. The third-order valence-corrected chi connectivity index (χ3v) is 5.10. The van der Waals surface area contributed by atoms with Crippen molar-refractivity contribution in [3.05, 3.63) is 59.7 Å². The van der Waals surface area contributed by atoms with Crippen molar-refractivity contribution in [1.29, 1.82) is 0 Å². The zero-order chi connectivity index (χ0) is 20.0. The van der Waals surface area contributed by atoms with Crippen molar-refractivity contribution >= 4 is 21.7 Å². The molecule has 0 spiro atoms. The SMILES string of the molecule is COC(=O)C[C@@H](NC(=O)c1ccc(S(C)(=O)=O)cc1)c1ccc(OC)cc1. The van der Waals surface area contributed by atoms with Crippen molar-refractivity contribution in [2.24, 2.45) is 0 Å². The zero-order valence-corrected chi connectivity index (χ0v) is 16.1. The van der Waals surface area contributed by atoms with Gasteiger partial charge in [-0.15, -0.1) is 0 Å². The van der Waals surface area contributed by atoms with Crippen molar-refractivity contribution < 1.29 is 27.5 Å². The number of benzene rings is 2. The topological polar surface area (TPSA) is 98.8 Å². The van der Waals surface area contributed by atoms with Crippen molar-refractivity contribution in [1.82, 2.24) is 5.32 Å². The molecule has 0 saturated heterocycles. The van der Waals surface area contributed by atoms with Gasteiger partial charge in [0.15, 0.2) is 9.84 Å². The van der Waals surface area contributed by atoms with Crippen LogP contribution in [-0.4, -0.2) is 40.8 Å². The predicted octanol–water partition coefficient (Wildman–Crippen LogP) is 2.13. The lowest BCUT2D eigenvalue weighted by Gasteiger charge is -2.18. The lowest BCUT2D eigenvalue weighted by molar-refractivity contribution is -0.141. The number of ether oxygens (including phenoxy) is 2. The smallest absolute Gasteiger partial charge is 0.307 e. The number of methoxy groups -OCH3 is 2. The van der Waals surface area contributed by atoms with E-state index in [2.05, 4.69) is 5.32 Å². The molecule has 27 heavy (non-hydrogen) atoms. The van der Waals surface area contributed by atoms with E-state index >= 15 is 0 Å². The molecule has 2 aromatic rings. The molecule has 0 bridgehead atoms. The van der Waals surface area contributed by atoms with Gasteiger partial charge in [-0.3, -0.25) is 9.59 Å². The molecular weight excluding hydrogens is 370 g/mol. The molecule has 0 saturated carbocycles. The second-order valence-corrected chi connectivity index (χ2v) is 7.89. The van der Waals surface area contributed by atoms with E-state index in [1.807, 2.05) is 0 Å². The number of sulfone groups is 1. The maximum absolute atomic E-state index is 12.5. The number of esters is 1. The first-order chi connectivity index (χ1) is 12.7. The van der Waals surface area contributed by atoms with Gasteiger partial charge in [-0.1, -0.05) is 12.1 Å². The number of nitrogens with one attached hydrogen (secondary N) is 1. The molecule has 1 amide bonds. The quantitative estimate of drug-likeness (QED) is 0.726. The molecule has 144 valence electrons. The number of carbonyl (C=O) groups is 2. The predicted molar refractivity (Wildman–Crippen MR) is 99.4 cm³/mol. The maximum Gasteiger partial charge on any atom is 0.307 e. The summed E-state index contributed by atoms with van der Waals surface area (Å²) in [4.78, 5) is 24.4. The van der Waals surface area contributed by atoms with Crippen molar-refractivity contribution in [2.45, 2.75) is 17.4 Å². The van der Waals surface area contributed by atoms with E-state index in [4.69, 9.17) is 9.47 Å². The average molecular weight is 391 g/mol. The molecule has 0 fully saturated rings. The summed E-state index contributed by atoms with van der Waals surface area (Å²) >= 11 is 0. The van der Waals surface area contributed by atoms with E-state index in [0.717, 1.165) is 6.26 Å². The summed E-state index contributed by atoms with van der Waals surface area (Å²) in [5.41, 5.74) is 0.994. The Balaban J connectivity index is 2.22. The maximum atomic E-state index is 12.5. The molecule has 1 atom stereocenters. The fraction of sp³-hybridized carbons (Fsp3) is 0.263. The van der Waals surface area contributed by atoms with Crippen molar-refractivity contribution in [3.63, 3.8) is 0 Å². The Kier molecular flexibility index (Phi) is 6.57. The van der Waals surface area contributed by atoms with E-state index in [9.17, 15) is 18.0 Å². The largest absolute Gasteiger partial charge is 0.497 e. The van der Waals surface area contributed by atoms with Gasteiger partial charge in [0.05, 0.1) is 31.6 Å². The van der Waals surface area contributed by atoms with Crippen LogP contribution in [0.5, 0.6) is 5.75 Å². The van der Waals surface area contributed by atoms with Crippen LogP contribution in [0.3, 0.4) is 0 Å². The number of hydrogen-bond acceptors (Lipinski definition) is 6. The second-order valence-electron chi connectivity index (χ2n) is 5.88. The van der Waals surface area contributed by atoms with Crippen LogP contribution >= 0.6 is 0 Å². The van der Waals surface area contributed by atoms with Crippen LogP contribution < -0.4 is 10.1 Å². The highest BCUT2D eigenvalue weighted by Gasteiger charge is 2.20. The van der Waals surface area contributed by atoms with E-state index in [-0.39, 0.29) is 16.9 Å². The molecule has 0 radical (unpaired) electrons. The fourth-order valence-corrected chi connectivity index (χ4v) is 3.06. The van der Waals surface area contributed by atoms with Gasteiger partial charge < -0.3 is 14.8 Å². The molecule has 2 rings (SSSR count). The van der Waals surface area contributed by atoms with Gasteiger partial charge in [-0.25, -0.2) is 8.42 Å². The van der Waals surface area contributed by atoms with Crippen molar-refractivity contribution in [3.8, 4) is 5.75 Å². The number of carbonyl (C=O) groups excluding carboxylic acids is 2. The van der Waals surface area contributed by atoms with E-state index in [1.54, 1.807) is 31.4 Å². The normalized spacial score (nSPS) is 12.1. The van der Waals surface area contributed by atoms with Gasteiger partial charge in [0, 0.05) is 11.8 Å². The van der Waals surface area contributed by atoms with Crippen LogP contribution in [-0.2, 0) is 19.4 Å². The van der Waals surface area contributed by atoms with Gasteiger partial charge in [0.2, 0.25) is 0 Å². The lowest BCUT2D eigenvalue weighted by atomic mass is 10.0. The molecule has 0 aliphatic heterocycles. The first-order valence-electron chi connectivity index (χ1n) is 8.06. The lowest BCUT2D eigenvalue weighted by Crippen LogP contribution is -2.30.